The first-order valence-electron chi connectivity index (χ1n) is 6.30. The number of benzene rings is 2. The van der Waals surface area contributed by atoms with E-state index in [0.29, 0.717) is 0 Å². The maximum Gasteiger partial charge on any atom is 0.416 e. The van der Waals surface area contributed by atoms with Crippen molar-refractivity contribution in [3.05, 3.63) is 58.9 Å². The first-order valence-corrected chi connectivity index (χ1v) is 6.68. The summed E-state index contributed by atoms with van der Waals surface area (Å²) in [5.41, 5.74) is -0.630. The monoisotopic (exact) mass is 347 g/mol. The highest BCUT2D eigenvalue weighted by molar-refractivity contribution is 6.31. The number of carbonyl (C=O) groups is 1. The van der Waals surface area contributed by atoms with Crippen molar-refractivity contribution in [2.75, 3.05) is 11.9 Å². The van der Waals surface area contributed by atoms with E-state index in [2.05, 4.69) is 5.32 Å². The minimum absolute atomic E-state index is 0.0906. The highest BCUT2D eigenvalue weighted by Gasteiger charge is 2.30. The molecule has 0 aliphatic carbocycles. The third kappa shape index (κ3) is 4.85. The molecule has 0 saturated carbocycles. The van der Waals surface area contributed by atoms with Crippen molar-refractivity contribution in [3.63, 3.8) is 0 Å². The summed E-state index contributed by atoms with van der Waals surface area (Å²) >= 11 is 5.57. The summed E-state index contributed by atoms with van der Waals surface area (Å²) in [5.74, 6) is -1.35. The van der Waals surface area contributed by atoms with Gasteiger partial charge in [0.05, 0.1) is 10.6 Å². The molecule has 0 fully saturated rings. The highest BCUT2D eigenvalue weighted by Crippen LogP contribution is 2.31. The Morgan fingerprint density at radius 1 is 1.17 bits per heavy atom. The molecule has 0 spiro atoms. The average molecular weight is 348 g/mol. The third-order valence-corrected chi connectivity index (χ3v) is 3.02. The van der Waals surface area contributed by atoms with Gasteiger partial charge >= 0.3 is 6.18 Å². The predicted molar refractivity (Wildman–Crippen MR) is 77.0 cm³/mol. The summed E-state index contributed by atoms with van der Waals surface area (Å²) in [6.45, 7) is -0.504. The number of alkyl halides is 3. The van der Waals surface area contributed by atoms with Gasteiger partial charge in [0.2, 0.25) is 0 Å². The van der Waals surface area contributed by atoms with Crippen LogP contribution in [-0.4, -0.2) is 12.5 Å². The van der Waals surface area contributed by atoms with Gasteiger partial charge in [0.25, 0.3) is 5.91 Å². The number of amides is 1. The molecular formula is C15H10ClF4NO2. The molecule has 23 heavy (non-hydrogen) atoms. The molecule has 2 aromatic rings. The smallest absolute Gasteiger partial charge is 0.416 e. The molecule has 0 aliphatic rings. The van der Waals surface area contributed by atoms with Gasteiger partial charge in [-0.15, -0.1) is 0 Å². The Morgan fingerprint density at radius 3 is 2.57 bits per heavy atom. The second-order valence-corrected chi connectivity index (χ2v) is 4.90. The predicted octanol–water partition coefficient (Wildman–Crippen LogP) is 4.52. The maximum absolute atomic E-state index is 13.0. The Morgan fingerprint density at radius 2 is 1.91 bits per heavy atom. The van der Waals surface area contributed by atoms with E-state index in [4.69, 9.17) is 16.3 Å². The van der Waals surface area contributed by atoms with E-state index in [-0.39, 0.29) is 16.5 Å². The number of halogens is 5. The van der Waals surface area contributed by atoms with Crippen LogP contribution in [-0.2, 0) is 11.0 Å². The van der Waals surface area contributed by atoms with Gasteiger partial charge in [-0.2, -0.15) is 13.2 Å². The van der Waals surface area contributed by atoms with Crippen LogP contribution >= 0.6 is 11.6 Å². The molecule has 1 amide bonds. The largest absolute Gasteiger partial charge is 0.484 e. The van der Waals surface area contributed by atoms with E-state index < -0.39 is 30.1 Å². The number of hydrogen-bond acceptors (Lipinski definition) is 2. The van der Waals surface area contributed by atoms with E-state index in [0.717, 1.165) is 18.2 Å². The number of rotatable bonds is 4. The topological polar surface area (TPSA) is 38.3 Å². The fourth-order valence-electron chi connectivity index (χ4n) is 1.68. The van der Waals surface area contributed by atoms with Crippen LogP contribution in [0.3, 0.4) is 0 Å². The molecule has 0 bridgehead atoms. The Balaban J connectivity index is 1.95. The van der Waals surface area contributed by atoms with Gasteiger partial charge in [-0.05, 0) is 36.4 Å². The van der Waals surface area contributed by atoms with Gasteiger partial charge in [-0.3, -0.25) is 4.79 Å². The molecule has 0 radical (unpaired) electrons. The second-order valence-electron chi connectivity index (χ2n) is 4.49. The van der Waals surface area contributed by atoms with Crippen LogP contribution in [0.1, 0.15) is 5.56 Å². The fourth-order valence-corrected chi connectivity index (χ4v) is 1.86. The lowest BCUT2D eigenvalue weighted by atomic mass is 10.2. The SMILES string of the molecule is O=C(COc1cccc(C(F)(F)F)c1)Nc1ccc(F)c(Cl)c1. The molecule has 0 unspecified atom stereocenters. The molecule has 0 aliphatic heterocycles. The summed E-state index contributed by atoms with van der Waals surface area (Å²) in [7, 11) is 0. The van der Waals surface area contributed by atoms with Crippen LogP contribution in [0.5, 0.6) is 5.75 Å². The minimum atomic E-state index is -4.49. The second kappa shape index (κ2) is 6.87. The lowest BCUT2D eigenvalue weighted by Crippen LogP contribution is -2.20. The van der Waals surface area contributed by atoms with Gasteiger partial charge in [0, 0.05) is 5.69 Å². The van der Waals surface area contributed by atoms with E-state index in [9.17, 15) is 22.4 Å². The number of hydrogen-bond donors (Lipinski definition) is 1. The Bertz CT molecular complexity index is 719. The zero-order chi connectivity index (χ0) is 17.0. The summed E-state index contributed by atoms with van der Waals surface area (Å²) in [5, 5.41) is 2.22. The normalized spacial score (nSPS) is 11.2. The van der Waals surface area contributed by atoms with Crippen molar-refractivity contribution in [2.45, 2.75) is 6.18 Å². The molecule has 8 heteroatoms. The molecule has 2 aromatic carbocycles. The van der Waals surface area contributed by atoms with Crippen molar-refractivity contribution < 1.29 is 27.1 Å². The molecule has 3 nitrogen and oxygen atoms in total. The first kappa shape index (κ1) is 17.1. The van der Waals surface area contributed by atoms with Crippen molar-refractivity contribution in [3.8, 4) is 5.75 Å². The average Bonchev–Trinajstić information content (AvgIpc) is 2.48. The van der Waals surface area contributed by atoms with Crippen LogP contribution in [0, 0.1) is 5.82 Å². The van der Waals surface area contributed by atoms with E-state index in [1.807, 2.05) is 0 Å². The van der Waals surface area contributed by atoms with E-state index in [1.165, 1.54) is 24.3 Å². The summed E-state index contributed by atoms with van der Waals surface area (Å²) in [4.78, 5) is 11.7. The van der Waals surface area contributed by atoms with Gasteiger partial charge in [0.15, 0.2) is 6.61 Å². The molecule has 0 saturated heterocycles. The zero-order valence-electron chi connectivity index (χ0n) is 11.5. The van der Waals surface area contributed by atoms with Gasteiger partial charge < -0.3 is 10.1 Å². The van der Waals surface area contributed by atoms with E-state index in [1.54, 1.807) is 0 Å². The number of ether oxygens (including phenoxy) is 1. The highest BCUT2D eigenvalue weighted by atomic mass is 35.5. The minimum Gasteiger partial charge on any atom is -0.484 e. The molecule has 0 atom stereocenters. The summed E-state index contributed by atoms with van der Waals surface area (Å²) < 4.78 is 55.6. The van der Waals surface area contributed by atoms with E-state index >= 15 is 0 Å². The Labute approximate surface area is 133 Å². The van der Waals surface area contributed by atoms with Gasteiger partial charge in [0.1, 0.15) is 11.6 Å². The standard InChI is InChI=1S/C15H10ClF4NO2/c16-12-7-10(4-5-13(12)17)21-14(22)8-23-11-3-1-2-9(6-11)15(18,19)20/h1-7H,8H2,(H,21,22). The van der Waals surface area contributed by atoms with Crippen LogP contribution < -0.4 is 10.1 Å². The van der Waals surface area contributed by atoms with Crippen molar-refractivity contribution in [1.82, 2.24) is 0 Å². The van der Waals surface area contributed by atoms with Crippen LogP contribution in [0.25, 0.3) is 0 Å². The molecule has 122 valence electrons. The maximum atomic E-state index is 13.0. The molecular weight excluding hydrogens is 338 g/mol. The quantitative estimate of drug-likeness (QED) is 0.826. The number of anilines is 1. The number of nitrogens with one attached hydrogen (secondary N) is 1. The Kier molecular flexibility index (Phi) is 5.10. The van der Waals surface area contributed by atoms with Crippen molar-refractivity contribution >= 4 is 23.2 Å². The summed E-state index contributed by atoms with van der Waals surface area (Å²) in [6.07, 6.45) is -4.49. The van der Waals surface area contributed by atoms with Crippen LogP contribution in [0.15, 0.2) is 42.5 Å². The molecule has 2 rings (SSSR count). The van der Waals surface area contributed by atoms with Gasteiger partial charge in [-0.25, -0.2) is 4.39 Å². The first-order chi connectivity index (χ1) is 10.8. The molecule has 0 aromatic heterocycles. The fraction of sp³-hybridized carbons (Fsp3) is 0.133. The third-order valence-electron chi connectivity index (χ3n) is 2.73. The molecule has 1 N–H and O–H groups in total. The summed E-state index contributed by atoms with van der Waals surface area (Å²) in [6, 6.07) is 7.75. The van der Waals surface area contributed by atoms with Crippen molar-refractivity contribution in [1.29, 1.82) is 0 Å². The lowest BCUT2D eigenvalue weighted by molar-refractivity contribution is -0.137. The van der Waals surface area contributed by atoms with Crippen LogP contribution in [0.2, 0.25) is 5.02 Å². The zero-order valence-corrected chi connectivity index (χ0v) is 12.2. The van der Waals surface area contributed by atoms with Crippen LogP contribution in [0.4, 0.5) is 23.2 Å². The lowest BCUT2D eigenvalue weighted by Gasteiger charge is -2.10. The number of carbonyl (C=O) groups excluding carboxylic acids is 1. The van der Waals surface area contributed by atoms with Gasteiger partial charge in [-0.1, -0.05) is 17.7 Å². The van der Waals surface area contributed by atoms with Crippen molar-refractivity contribution in [2.24, 2.45) is 0 Å². The Hall–Kier alpha value is -2.28. The molecule has 0 heterocycles.